The van der Waals surface area contributed by atoms with Gasteiger partial charge in [0.05, 0.1) is 0 Å². The topological polar surface area (TPSA) is 9.23 Å². The fourth-order valence-corrected chi connectivity index (χ4v) is 1.30. The van der Waals surface area contributed by atoms with Crippen LogP contribution in [0, 0.1) is 0 Å². The molecule has 3 heteroatoms. The average Bonchev–Trinajstić information content (AvgIpc) is 1.87. The molecule has 0 aliphatic heterocycles. The first-order valence-corrected chi connectivity index (χ1v) is 3.73. The summed E-state index contributed by atoms with van der Waals surface area (Å²) in [6, 6.07) is 0. The monoisotopic (exact) mass is 206 g/mol. The van der Waals surface area contributed by atoms with Crippen molar-refractivity contribution in [3.63, 3.8) is 0 Å². The van der Waals surface area contributed by atoms with E-state index in [1.54, 1.807) is 18.2 Å². The van der Waals surface area contributed by atoms with Gasteiger partial charge in [0.2, 0.25) is 4.58 Å². The van der Waals surface area contributed by atoms with Crippen LogP contribution in [0.15, 0.2) is 24.3 Å². The van der Waals surface area contributed by atoms with E-state index in [1.165, 1.54) is 13.2 Å². The van der Waals surface area contributed by atoms with E-state index >= 15 is 0 Å². The molecule has 56 valence electrons. The average molecular weight is 207 g/mol. The summed E-state index contributed by atoms with van der Waals surface area (Å²) in [5.41, 5.74) is 0. The van der Waals surface area contributed by atoms with Gasteiger partial charge in [-0.2, -0.15) is 0 Å². The fourth-order valence-electron chi connectivity index (χ4n) is 0.808. The summed E-state index contributed by atoms with van der Waals surface area (Å²) in [7, 11) is 1.48. The molecule has 10 heavy (non-hydrogen) atoms. The van der Waals surface area contributed by atoms with E-state index in [4.69, 9.17) is 4.74 Å². The van der Waals surface area contributed by atoms with Gasteiger partial charge < -0.3 is 4.74 Å². The largest absolute Gasteiger partial charge is 0.373 e. The highest BCUT2D eigenvalue weighted by atomic mass is 79.9. The van der Waals surface area contributed by atoms with Gasteiger partial charge in [0, 0.05) is 7.11 Å². The van der Waals surface area contributed by atoms with E-state index in [1.807, 2.05) is 0 Å². The van der Waals surface area contributed by atoms with Gasteiger partial charge in [0.1, 0.15) is 6.10 Å². The van der Waals surface area contributed by atoms with Gasteiger partial charge in [-0.05, 0) is 22.0 Å². The zero-order chi connectivity index (χ0) is 7.61. The molecule has 0 N–H and O–H groups in total. The number of hydrogen-bond donors (Lipinski definition) is 0. The van der Waals surface area contributed by atoms with Gasteiger partial charge in [0.25, 0.3) is 0 Å². The molecule has 1 nitrogen and oxygen atoms in total. The molecule has 1 aliphatic rings. The highest BCUT2D eigenvalue weighted by Crippen LogP contribution is 2.31. The number of methoxy groups -OCH3 is 1. The molecule has 1 rings (SSSR count). The zero-order valence-electron chi connectivity index (χ0n) is 5.55. The van der Waals surface area contributed by atoms with Crippen LogP contribution in [-0.4, -0.2) is 17.8 Å². The minimum atomic E-state index is -1.53. The van der Waals surface area contributed by atoms with Gasteiger partial charge in [-0.3, -0.25) is 0 Å². The van der Waals surface area contributed by atoms with Crippen LogP contribution >= 0.6 is 15.9 Å². The number of hydrogen-bond acceptors (Lipinski definition) is 1. The molecule has 1 aliphatic carbocycles. The van der Waals surface area contributed by atoms with Crippen LogP contribution in [0.3, 0.4) is 0 Å². The number of halogens is 2. The van der Waals surface area contributed by atoms with Crippen molar-refractivity contribution in [1.82, 2.24) is 0 Å². The predicted octanol–water partition coefficient (Wildman–Crippen LogP) is 2.19. The lowest BCUT2D eigenvalue weighted by atomic mass is 10.1. The Bertz CT molecular complexity index is 174. The maximum Gasteiger partial charge on any atom is 0.212 e. The highest BCUT2D eigenvalue weighted by molar-refractivity contribution is 9.10. The molecule has 0 fully saturated rings. The van der Waals surface area contributed by atoms with Crippen molar-refractivity contribution >= 4 is 15.9 Å². The summed E-state index contributed by atoms with van der Waals surface area (Å²) in [6.45, 7) is 0. The van der Waals surface area contributed by atoms with Crippen molar-refractivity contribution in [3.8, 4) is 0 Å². The second kappa shape index (κ2) is 2.84. The molecule has 0 bridgehead atoms. The minimum Gasteiger partial charge on any atom is -0.373 e. The molecule has 0 heterocycles. The van der Waals surface area contributed by atoms with Crippen LogP contribution in [0.5, 0.6) is 0 Å². The van der Waals surface area contributed by atoms with E-state index < -0.39 is 10.7 Å². The summed E-state index contributed by atoms with van der Waals surface area (Å²) in [5.74, 6) is 0. The zero-order valence-corrected chi connectivity index (χ0v) is 7.14. The van der Waals surface area contributed by atoms with E-state index in [0.29, 0.717) is 0 Å². The fraction of sp³-hybridized carbons (Fsp3) is 0.429. The Morgan fingerprint density at radius 2 is 2.30 bits per heavy atom. The smallest absolute Gasteiger partial charge is 0.212 e. The molecular formula is C7H8BrFO. The van der Waals surface area contributed by atoms with Crippen molar-refractivity contribution in [2.75, 3.05) is 7.11 Å². The summed E-state index contributed by atoms with van der Waals surface area (Å²) in [6.07, 6.45) is 5.96. The molecule has 2 atom stereocenters. The van der Waals surface area contributed by atoms with Gasteiger partial charge in [-0.25, -0.2) is 4.39 Å². The maximum atomic E-state index is 13.2. The van der Waals surface area contributed by atoms with Crippen LogP contribution in [0.4, 0.5) is 4.39 Å². The predicted molar refractivity (Wildman–Crippen MR) is 41.8 cm³/mol. The molecule has 0 spiro atoms. The Labute approximate surface area is 67.7 Å². The van der Waals surface area contributed by atoms with E-state index in [-0.39, 0.29) is 0 Å². The quantitative estimate of drug-likeness (QED) is 0.599. The second-order valence-electron chi connectivity index (χ2n) is 2.07. The van der Waals surface area contributed by atoms with E-state index in [0.717, 1.165) is 0 Å². The maximum absolute atomic E-state index is 13.2. The first kappa shape index (κ1) is 7.95. The van der Waals surface area contributed by atoms with E-state index in [9.17, 15) is 4.39 Å². The van der Waals surface area contributed by atoms with Crippen LogP contribution < -0.4 is 0 Å². The molecule has 0 saturated heterocycles. The first-order valence-electron chi connectivity index (χ1n) is 2.93. The van der Waals surface area contributed by atoms with Crippen molar-refractivity contribution in [2.24, 2.45) is 0 Å². The molecule has 2 unspecified atom stereocenters. The molecule has 0 aromatic heterocycles. The second-order valence-corrected chi connectivity index (χ2v) is 3.29. The molecule has 0 aromatic rings. The number of ether oxygens (including phenoxy) is 1. The molecule has 0 amide bonds. The lowest BCUT2D eigenvalue weighted by Gasteiger charge is -2.23. The molecule has 0 radical (unpaired) electrons. The first-order chi connectivity index (χ1) is 4.67. The third-order valence-electron chi connectivity index (χ3n) is 1.35. The summed E-state index contributed by atoms with van der Waals surface area (Å²) in [5, 5.41) is 0. The molecule has 0 aromatic carbocycles. The number of allylic oxidation sites excluding steroid dienone is 2. The third kappa shape index (κ3) is 1.47. The van der Waals surface area contributed by atoms with E-state index in [2.05, 4.69) is 15.9 Å². The summed E-state index contributed by atoms with van der Waals surface area (Å²) in [4.78, 5) is 0. The Kier molecular flexibility index (Phi) is 2.26. The summed E-state index contributed by atoms with van der Waals surface area (Å²) >= 11 is 2.89. The van der Waals surface area contributed by atoms with Gasteiger partial charge in [-0.1, -0.05) is 18.2 Å². The Hall–Kier alpha value is -0.150. The lowest BCUT2D eigenvalue weighted by Crippen LogP contribution is -2.30. The van der Waals surface area contributed by atoms with Crippen molar-refractivity contribution in [2.45, 2.75) is 10.7 Å². The van der Waals surface area contributed by atoms with Gasteiger partial charge >= 0.3 is 0 Å². The number of rotatable bonds is 1. The van der Waals surface area contributed by atoms with Crippen molar-refractivity contribution in [3.05, 3.63) is 24.3 Å². The van der Waals surface area contributed by atoms with Gasteiger partial charge in [-0.15, -0.1) is 0 Å². The lowest BCUT2D eigenvalue weighted by molar-refractivity contribution is 0.0730. The van der Waals surface area contributed by atoms with Crippen molar-refractivity contribution < 1.29 is 9.13 Å². The number of alkyl halides is 2. The Balaban J connectivity index is 2.74. The SMILES string of the molecule is COC1C=CC=CC1(F)Br. The molecule has 0 saturated carbocycles. The van der Waals surface area contributed by atoms with Crippen LogP contribution in [0.1, 0.15) is 0 Å². The standard InChI is InChI=1S/C7H8BrFO/c1-10-6-4-2-3-5-7(6,8)9/h2-6H,1H3. The van der Waals surface area contributed by atoms with Crippen LogP contribution in [-0.2, 0) is 4.74 Å². The summed E-state index contributed by atoms with van der Waals surface area (Å²) < 4.78 is 16.5. The minimum absolute atomic E-state index is 0.516. The highest BCUT2D eigenvalue weighted by Gasteiger charge is 2.33. The Morgan fingerprint density at radius 3 is 2.70 bits per heavy atom. The van der Waals surface area contributed by atoms with Crippen LogP contribution in [0.2, 0.25) is 0 Å². The molecular weight excluding hydrogens is 199 g/mol. The van der Waals surface area contributed by atoms with Gasteiger partial charge in [0.15, 0.2) is 0 Å². The normalized spacial score (nSPS) is 38.5. The third-order valence-corrected chi connectivity index (χ3v) is 2.06. The van der Waals surface area contributed by atoms with Crippen molar-refractivity contribution in [1.29, 1.82) is 0 Å². The van der Waals surface area contributed by atoms with Crippen LogP contribution in [0.25, 0.3) is 0 Å². The Morgan fingerprint density at radius 1 is 1.60 bits per heavy atom.